The van der Waals surface area contributed by atoms with Crippen LogP contribution in [0.1, 0.15) is 12.2 Å². The number of nitrogens with zero attached hydrogens (tertiary/aromatic N) is 2. The molecule has 1 heterocycles. The van der Waals surface area contributed by atoms with Gasteiger partial charge in [0, 0.05) is 33.0 Å². The lowest BCUT2D eigenvalue weighted by Crippen LogP contribution is -2.28. The summed E-state index contributed by atoms with van der Waals surface area (Å²) in [7, 11) is 1.84. The van der Waals surface area contributed by atoms with E-state index in [9.17, 15) is 9.18 Å². The molecule has 2 rings (SSSR count). The summed E-state index contributed by atoms with van der Waals surface area (Å²) in [5.74, 6) is 0.472. The highest BCUT2D eigenvalue weighted by atomic mass is 19.1. The highest BCUT2D eigenvalue weighted by molar-refractivity contribution is 5.76. The van der Waals surface area contributed by atoms with E-state index in [0.717, 1.165) is 16.9 Å². The van der Waals surface area contributed by atoms with Crippen LogP contribution in [0.15, 0.2) is 18.2 Å². The van der Waals surface area contributed by atoms with Crippen LogP contribution < -0.4 is 11.1 Å². The van der Waals surface area contributed by atoms with Crippen molar-refractivity contribution in [3.05, 3.63) is 29.8 Å². The van der Waals surface area contributed by atoms with Gasteiger partial charge < -0.3 is 15.6 Å². The van der Waals surface area contributed by atoms with Crippen LogP contribution in [0.3, 0.4) is 0 Å². The summed E-state index contributed by atoms with van der Waals surface area (Å²) in [6.45, 7) is 0.843. The molecule has 0 atom stereocenters. The number of hydrogen-bond donors (Lipinski definition) is 2. The molecule has 0 saturated carbocycles. The number of hydrogen-bond acceptors (Lipinski definition) is 3. The van der Waals surface area contributed by atoms with Crippen LogP contribution in [0.25, 0.3) is 11.0 Å². The summed E-state index contributed by atoms with van der Waals surface area (Å²) in [5, 5.41) is 2.77. The molecule has 5 nitrogen and oxygen atoms in total. The number of carbonyl (C=O) groups excluding carboxylic acids is 1. The number of halogens is 1. The third-order valence-corrected chi connectivity index (χ3v) is 2.98. The van der Waals surface area contributed by atoms with Crippen molar-refractivity contribution in [3.8, 4) is 0 Å². The summed E-state index contributed by atoms with van der Waals surface area (Å²) in [5.41, 5.74) is 6.80. The van der Waals surface area contributed by atoms with Gasteiger partial charge in [-0.15, -0.1) is 0 Å². The van der Waals surface area contributed by atoms with Crippen LogP contribution in [0.2, 0.25) is 0 Å². The van der Waals surface area contributed by atoms with Gasteiger partial charge in [-0.25, -0.2) is 9.37 Å². The maximum absolute atomic E-state index is 13.2. The van der Waals surface area contributed by atoms with Crippen LogP contribution in [-0.2, 0) is 18.3 Å². The highest BCUT2D eigenvalue weighted by Gasteiger charge is 2.08. The quantitative estimate of drug-likeness (QED) is 0.835. The Morgan fingerprint density at radius 1 is 1.53 bits per heavy atom. The number of imidazole rings is 1. The number of carbonyl (C=O) groups is 1. The minimum Gasteiger partial charge on any atom is -0.356 e. The second kappa shape index (κ2) is 5.79. The van der Waals surface area contributed by atoms with Gasteiger partial charge in [-0.05, 0) is 18.2 Å². The Morgan fingerprint density at radius 3 is 3.05 bits per heavy atom. The van der Waals surface area contributed by atoms with E-state index in [1.165, 1.54) is 12.1 Å². The number of amides is 1. The van der Waals surface area contributed by atoms with Gasteiger partial charge in [0.25, 0.3) is 0 Å². The Kier molecular flexibility index (Phi) is 4.11. The first kappa shape index (κ1) is 13.5. The lowest BCUT2D eigenvalue weighted by atomic mass is 10.3. The molecule has 0 fully saturated rings. The molecule has 0 aliphatic carbocycles. The van der Waals surface area contributed by atoms with Gasteiger partial charge in [-0.1, -0.05) is 0 Å². The first-order chi connectivity index (χ1) is 9.11. The molecule has 0 unspecified atom stereocenters. The Labute approximate surface area is 110 Å². The van der Waals surface area contributed by atoms with Crippen LogP contribution in [-0.4, -0.2) is 28.5 Å². The molecule has 0 saturated heterocycles. The van der Waals surface area contributed by atoms with Crippen molar-refractivity contribution in [2.45, 2.75) is 12.8 Å². The van der Waals surface area contributed by atoms with Gasteiger partial charge in [-0.2, -0.15) is 0 Å². The fraction of sp³-hybridized carbons (Fsp3) is 0.385. The summed E-state index contributed by atoms with van der Waals surface area (Å²) < 4.78 is 15.0. The fourth-order valence-corrected chi connectivity index (χ4v) is 1.97. The van der Waals surface area contributed by atoms with Gasteiger partial charge in [0.1, 0.15) is 11.6 Å². The zero-order chi connectivity index (χ0) is 13.8. The largest absolute Gasteiger partial charge is 0.356 e. The molecule has 1 aromatic heterocycles. The second-order valence-electron chi connectivity index (χ2n) is 4.36. The number of aryl methyl sites for hydroxylation is 1. The maximum Gasteiger partial charge on any atom is 0.221 e. The third kappa shape index (κ3) is 3.08. The number of nitrogens with two attached hydrogens (primary N) is 1. The molecule has 0 radical (unpaired) electrons. The molecule has 0 aliphatic heterocycles. The van der Waals surface area contributed by atoms with Crippen molar-refractivity contribution in [2.24, 2.45) is 12.8 Å². The van der Waals surface area contributed by atoms with Crippen LogP contribution >= 0.6 is 0 Å². The molecule has 19 heavy (non-hydrogen) atoms. The van der Waals surface area contributed by atoms with Crippen molar-refractivity contribution in [1.82, 2.24) is 14.9 Å². The van der Waals surface area contributed by atoms with Crippen LogP contribution in [0.4, 0.5) is 4.39 Å². The normalized spacial score (nSPS) is 10.9. The standard InChI is InChI=1S/C13H17FN4O/c1-18-11-8-9(14)2-3-10(11)17-12(18)5-7-16-13(19)4-6-15/h2-3,8H,4-7,15H2,1H3,(H,16,19). The van der Waals surface area contributed by atoms with E-state index in [4.69, 9.17) is 5.73 Å². The van der Waals surface area contributed by atoms with Gasteiger partial charge in [0.05, 0.1) is 11.0 Å². The predicted octanol–water partition coefficient (Wildman–Crippen LogP) is 0.720. The predicted molar refractivity (Wildman–Crippen MR) is 71.1 cm³/mol. The average Bonchev–Trinajstić information content (AvgIpc) is 2.67. The number of fused-ring (bicyclic) bond motifs is 1. The summed E-state index contributed by atoms with van der Waals surface area (Å²) in [6.07, 6.45) is 0.927. The average molecular weight is 264 g/mol. The molecule has 3 N–H and O–H groups in total. The van der Waals surface area contributed by atoms with Crippen molar-refractivity contribution in [2.75, 3.05) is 13.1 Å². The summed E-state index contributed by atoms with van der Waals surface area (Å²) >= 11 is 0. The lowest BCUT2D eigenvalue weighted by Gasteiger charge is -2.04. The van der Waals surface area contributed by atoms with Crippen LogP contribution in [0, 0.1) is 5.82 Å². The molecule has 1 aromatic carbocycles. The molecule has 0 spiro atoms. The minimum absolute atomic E-state index is 0.0627. The molecule has 0 bridgehead atoms. The van der Waals surface area contributed by atoms with E-state index >= 15 is 0 Å². The number of nitrogens with one attached hydrogen (secondary N) is 1. The topological polar surface area (TPSA) is 72.9 Å². The smallest absolute Gasteiger partial charge is 0.221 e. The molecule has 102 valence electrons. The second-order valence-corrected chi connectivity index (χ2v) is 4.36. The van der Waals surface area contributed by atoms with Gasteiger partial charge in [0.2, 0.25) is 5.91 Å². The van der Waals surface area contributed by atoms with Crippen molar-refractivity contribution >= 4 is 16.9 Å². The number of aromatic nitrogens is 2. The molecule has 0 aliphatic rings. The van der Waals surface area contributed by atoms with Crippen molar-refractivity contribution < 1.29 is 9.18 Å². The number of benzene rings is 1. The van der Waals surface area contributed by atoms with E-state index in [1.807, 2.05) is 11.6 Å². The SMILES string of the molecule is Cn1c(CCNC(=O)CCN)nc2ccc(F)cc21. The molecule has 1 amide bonds. The van der Waals surface area contributed by atoms with Gasteiger partial charge in [0.15, 0.2) is 0 Å². The van der Waals surface area contributed by atoms with Crippen LogP contribution in [0.5, 0.6) is 0 Å². The van der Waals surface area contributed by atoms with Crippen molar-refractivity contribution in [3.63, 3.8) is 0 Å². The molecule has 2 aromatic rings. The zero-order valence-corrected chi connectivity index (χ0v) is 10.8. The summed E-state index contributed by atoms with van der Waals surface area (Å²) in [6, 6.07) is 4.50. The number of rotatable bonds is 5. The monoisotopic (exact) mass is 264 g/mol. The molecular weight excluding hydrogens is 247 g/mol. The molecular formula is C13H17FN4O. The minimum atomic E-state index is -0.279. The van der Waals surface area contributed by atoms with E-state index in [0.29, 0.717) is 25.9 Å². The Bertz CT molecular complexity index is 594. The Morgan fingerprint density at radius 2 is 2.32 bits per heavy atom. The van der Waals surface area contributed by atoms with E-state index in [1.54, 1.807) is 6.07 Å². The third-order valence-electron chi connectivity index (χ3n) is 2.98. The fourth-order valence-electron chi connectivity index (χ4n) is 1.97. The van der Waals surface area contributed by atoms with Gasteiger partial charge in [-0.3, -0.25) is 4.79 Å². The Hall–Kier alpha value is -1.95. The first-order valence-corrected chi connectivity index (χ1v) is 6.19. The maximum atomic E-state index is 13.2. The zero-order valence-electron chi connectivity index (χ0n) is 10.8. The van der Waals surface area contributed by atoms with Crippen molar-refractivity contribution in [1.29, 1.82) is 0 Å². The van der Waals surface area contributed by atoms with E-state index < -0.39 is 0 Å². The summed E-state index contributed by atoms with van der Waals surface area (Å²) in [4.78, 5) is 15.7. The lowest BCUT2D eigenvalue weighted by molar-refractivity contribution is -0.120. The molecule has 6 heteroatoms. The van der Waals surface area contributed by atoms with Gasteiger partial charge >= 0.3 is 0 Å². The Balaban J connectivity index is 2.05. The first-order valence-electron chi connectivity index (χ1n) is 6.19. The van der Waals surface area contributed by atoms with E-state index in [-0.39, 0.29) is 11.7 Å². The highest BCUT2D eigenvalue weighted by Crippen LogP contribution is 2.16. The van der Waals surface area contributed by atoms with E-state index in [2.05, 4.69) is 10.3 Å².